The number of thioether (sulfide) groups is 1. The lowest BCUT2D eigenvalue weighted by Gasteiger charge is -2.24. The van der Waals surface area contributed by atoms with Crippen molar-refractivity contribution in [3.8, 4) is 11.5 Å². The molecule has 0 amide bonds. The lowest BCUT2D eigenvalue weighted by molar-refractivity contribution is 0.102. The fraction of sp³-hybridized carbons (Fsp3) is 0.500. The molecule has 0 saturated heterocycles. The van der Waals surface area contributed by atoms with E-state index in [2.05, 4.69) is 14.8 Å². The van der Waals surface area contributed by atoms with Crippen LogP contribution in [-0.2, 0) is 0 Å². The molecule has 0 atom stereocenters. The van der Waals surface area contributed by atoms with Gasteiger partial charge in [0.25, 0.3) is 0 Å². The second-order valence-corrected chi connectivity index (χ2v) is 7.41. The first-order chi connectivity index (χ1) is 12.2. The first kappa shape index (κ1) is 16.4. The van der Waals surface area contributed by atoms with Gasteiger partial charge in [-0.3, -0.25) is 4.79 Å². The molecule has 2 aromatic rings. The van der Waals surface area contributed by atoms with Gasteiger partial charge in [-0.2, -0.15) is 0 Å². The summed E-state index contributed by atoms with van der Waals surface area (Å²) >= 11 is 1.47. The maximum Gasteiger partial charge on any atom is 0.231 e. The van der Waals surface area contributed by atoms with Gasteiger partial charge >= 0.3 is 0 Å². The second-order valence-electron chi connectivity index (χ2n) is 6.47. The minimum Gasteiger partial charge on any atom is -0.454 e. The van der Waals surface area contributed by atoms with Crippen molar-refractivity contribution in [2.24, 2.45) is 0 Å². The highest BCUT2D eigenvalue weighted by atomic mass is 32.2. The molecule has 1 aromatic heterocycles. The van der Waals surface area contributed by atoms with E-state index in [4.69, 9.17) is 9.47 Å². The molecule has 2 heterocycles. The summed E-state index contributed by atoms with van der Waals surface area (Å²) in [6.45, 7) is 2.21. The van der Waals surface area contributed by atoms with E-state index < -0.39 is 0 Å². The molecule has 4 rings (SSSR count). The average Bonchev–Trinajstić information content (AvgIpc) is 3.26. The van der Waals surface area contributed by atoms with Crippen molar-refractivity contribution in [3.63, 3.8) is 0 Å². The zero-order valence-corrected chi connectivity index (χ0v) is 15.1. The summed E-state index contributed by atoms with van der Waals surface area (Å²) in [7, 11) is 0. The van der Waals surface area contributed by atoms with Crippen LogP contribution in [0.1, 0.15) is 54.3 Å². The molecule has 1 aliphatic carbocycles. The van der Waals surface area contributed by atoms with E-state index >= 15 is 0 Å². The predicted octanol–water partition coefficient (Wildman–Crippen LogP) is 3.80. The van der Waals surface area contributed by atoms with Gasteiger partial charge in [-0.1, -0.05) is 31.0 Å². The molecule has 132 valence electrons. The highest BCUT2D eigenvalue weighted by Crippen LogP contribution is 2.34. The highest BCUT2D eigenvalue weighted by Gasteiger charge is 2.22. The first-order valence-corrected chi connectivity index (χ1v) is 9.68. The summed E-state index contributed by atoms with van der Waals surface area (Å²) in [5.41, 5.74) is 0.636. The van der Waals surface area contributed by atoms with E-state index in [9.17, 15) is 4.79 Å². The Balaban J connectivity index is 1.45. The van der Waals surface area contributed by atoms with Crippen LogP contribution in [-0.4, -0.2) is 33.1 Å². The van der Waals surface area contributed by atoms with Crippen LogP contribution < -0.4 is 9.47 Å². The third kappa shape index (κ3) is 3.38. The molecule has 0 N–H and O–H groups in total. The number of carbonyl (C=O) groups is 1. The highest BCUT2D eigenvalue weighted by molar-refractivity contribution is 7.99. The first-order valence-electron chi connectivity index (χ1n) is 8.69. The van der Waals surface area contributed by atoms with Crippen LogP contribution in [0.15, 0.2) is 23.4 Å². The third-order valence-electron chi connectivity index (χ3n) is 4.80. The molecule has 0 bridgehead atoms. The Hall–Kier alpha value is -2.02. The van der Waals surface area contributed by atoms with E-state index in [1.54, 1.807) is 18.2 Å². The SMILES string of the molecule is Cc1nnc(SCC(=O)c2ccc3c(c2)OCO3)n1C1CCCCC1. The Morgan fingerprint density at radius 3 is 2.84 bits per heavy atom. The molecule has 0 spiro atoms. The fourth-order valence-corrected chi connectivity index (χ4v) is 4.44. The summed E-state index contributed by atoms with van der Waals surface area (Å²) in [6, 6.07) is 5.79. The van der Waals surface area contributed by atoms with Gasteiger partial charge in [-0.05, 0) is 38.0 Å². The minimum absolute atomic E-state index is 0.0548. The van der Waals surface area contributed by atoms with E-state index in [1.165, 1.54) is 43.9 Å². The summed E-state index contributed by atoms with van der Waals surface area (Å²) in [5, 5.41) is 9.37. The Labute approximate surface area is 150 Å². The number of carbonyl (C=O) groups excluding carboxylic acids is 1. The van der Waals surface area contributed by atoms with Crippen LogP contribution in [0.5, 0.6) is 11.5 Å². The Kier molecular flexibility index (Phi) is 4.65. The van der Waals surface area contributed by atoms with E-state index in [-0.39, 0.29) is 12.6 Å². The largest absolute Gasteiger partial charge is 0.454 e. The number of nitrogens with zero attached hydrogens (tertiary/aromatic N) is 3. The number of ketones is 1. The van der Waals surface area contributed by atoms with Gasteiger partial charge in [-0.15, -0.1) is 10.2 Å². The molecular formula is C18H21N3O3S. The monoisotopic (exact) mass is 359 g/mol. The topological polar surface area (TPSA) is 66.2 Å². The van der Waals surface area contributed by atoms with Crippen molar-refractivity contribution < 1.29 is 14.3 Å². The number of rotatable bonds is 5. The molecule has 7 heteroatoms. The summed E-state index contributed by atoms with van der Waals surface area (Å²) in [6.07, 6.45) is 6.15. The number of fused-ring (bicyclic) bond motifs is 1. The van der Waals surface area contributed by atoms with Gasteiger partial charge in [0.05, 0.1) is 5.75 Å². The number of hydrogen-bond donors (Lipinski definition) is 0. The van der Waals surface area contributed by atoms with Crippen molar-refractivity contribution in [1.29, 1.82) is 0 Å². The molecule has 25 heavy (non-hydrogen) atoms. The van der Waals surface area contributed by atoms with Crippen molar-refractivity contribution in [1.82, 2.24) is 14.8 Å². The quantitative estimate of drug-likeness (QED) is 0.598. The molecular weight excluding hydrogens is 338 g/mol. The third-order valence-corrected chi connectivity index (χ3v) is 5.74. The molecule has 1 fully saturated rings. The van der Waals surface area contributed by atoms with Crippen LogP contribution >= 0.6 is 11.8 Å². The number of benzene rings is 1. The summed E-state index contributed by atoms with van der Waals surface area (Å²) in [4.78, 5) is 12.5. The van der Waals surface area contributed by atoms with E-state index in [1.807, 2.05) is 6.92 Å². The van der Waals surface area contributed by atoms with Crippen molar-refractivity contribution >= 4 is 17.5 Å². The number of Topliss-reactive ketones (excluding diaryl/α,β-unsaturated/α-hetero) is 1. The van der Waals surface area contributed by atoms with Gasteiger partial charge in [-0.25, -0.2) is 0 Å². The molecule has 2 aliphatic rings. The normalized spacial score (nSPS) is 17.0. The number of aromatic nitrogens is 3. The number of ether oxygens (including phenoxy) is 2. The second kappa shape index (κ2) is 7.07. The fourth-order valence-electron chi connectivity index (χ4n) is 3.49. The molecule has 1 aliphatic heterocycles. The van der Waals surface area contributed by atoms with Crippen molar-refractivity contribution in [3.05, 3.63) is 29.6 Å². The Bertz CT molecular complexity index is 784. The lowest BCUT2D eigenvalue weighted by Crippen LogP contribution is -2.15. The van der Waals surface area contributed by atoms with Crippen LogP contribution in [0.25, 0.3) is 0 Å². The van der Waals surface area contributed by atoms with Crippen LogP contribution in [0, 0.1) is 6.92 Å². The number of hydrogen-bond acceptors (Lipinski definition) is 6. The maximum atomic E-state index is 12.5. The minimum atomic E-state index is 0.0548. The van der Waals surface area contributed by atoms with Crippen LogP contribution in [0.2, 0.25) is 0 Å². The van der Waals surface area contributed by atoms with Crippen molar-refractivity contribution in [2.45, 2.75) is 50.2 Å². The Morgan fingerprint density at radius 2 is 2.00 bits per heavy atom. The van der Waals surface area contributed by atoms with Gasteiger partial charge in [0.2, 0.25) is 6.79 Å². The summed E-state index contributed by atoms with van der Waals surface area (Å²) < 4.78 is 12.9. The van der Waals surface area contributed by atoms with Crippen LogP contribution in [0.3, 0.4) is 0 Å². The van der Waals surface area contributed by atoms with Gasteiger partial charge in [0.1, 0.15) is 5.82 Å². The Morgan fingerprint density at radius 1 is 1.20 bits per heavy atom. The molecule has 0 radical (unpaired) electrons. The number of aryl methyl sites for hydroxylation is 1. The maximum absolute atomic E-state index is 12.5. The molecule has 1 saturated carbocycles. The zero-order chi connectivity index (χ0) is 17.2. The van der Waals surface area contributed by atoms with Gasteiger partial charge in [0, 0.05) is 11.6 Å². The molecule has 0 unspecified atom stereocenters. The van der Waals surface area contributed by atoms with Crippen LogP contribution in [0.4, 0.5) is 0 Å². The van der Waals surface area contributed by atoms with E-state index in [0.717, 1.165) is 11.0 Å². The predicted molar refractivity (Wildman–Crippen MR) is 94.5 cm³/mol. The lowest BCUT2D eigenvalue weighted by atomic mass is 9.95. The van der Waals surface area contributed by atoms with Gasteiger partial charge in [0.15, 0.2) is 22.4 Å². The van der Waals surface area contributed by atoms with Gasteiger partial charge < -0.3 is 14.0 Å². The van der Waals surface area contributed by atoms with Crippen molar-refractivity contribution in [2.75, 3.05) is 12.5 Å². The summed E-state index contributed by atoms with van der Waals surface area (Å²) in [5.74, 6) is 2.66. The standard InChI is InChI=1S/C18H21N3O3S/c1-12-19-20-18(21(12)14-5-3-2-4-6-14)25-10-15(22)13-7-8-16-17(9-13)24-11-23-16/h7-9,14H,2-6,10-11H2,1H3. The average molecular weight is 359 g/mol. The molecule has 6 nitrogen and oxygen atoms in total. The van der Waals surface area contributed by atoms with E-state index in [0.29, 0.717) is 28.9 Å². The molecule has 1 aromatic carbocycles. The smallest absolute Gasteiger partial charge is 0.231 e. The zero-order valence-electron chi connectivity index (χ0n) is 14.2.